The van der Waals surface area contributed by atoms with Crippen LogP contribution in [0.1, 0.15) is 36.1 Å². The summed E-state index contributed by atoms with van der Waals surface area (Å²) in [5.41, 5.74) is 11.0. The van der Waals surface area contributed by atoms with Crippen LogP contribution in [0.3, 0.4) is 0 Å². The molecule has 6 nitrogen and oxygen atoms in total. The summed E-state index contributed by atoms with van der Waals surface area (Å²) in [6.07, 6.45) is -0.807. The van der Waals surface area contributed by atoms with Crippen LogP contribution < -0.4 is 15.4 Å². The Bertz CT molecular complexity index is 2220. The Morgan fingerprint density at radius 2 is 1.16 bits per heavy atom. The Balaban J connectivity index is 0.000000187. The van der Waals surface area contributed by atoms with Crippen molar-refractivity contribution in [1.82, 2.24) is 9.97 Å². The van der Waals surface area contributed by atoms with Gasteiger partial charge in [-0.1, -0.05) is 23.8 Å². The van der Waals surface area contributed by atoms with Crippen molar-refractivity contribution in [2.24, 2.45) is 0 Å². The topological polar surface area (TPSA) is 79.3 Å². The number of phenolic OH excluding ortho intramolecular Hbond substituents is 1. The van der Waals surface area contributed by atoms with Gasteiger partial charge in [0.1, 0.15) is 33.8 Å². The quantitative estimate of drug-likeness (QED) is 0.131. The van der Waals surface area contributed by atoms with E-state index in [1.165, 1.54) is 45.2 Å². The second-order valence-corrected chi connectivity index (χ2v) is 15.1. The van der Waals surface area contributed by atoms with Crippen LogP contribution in [0.25, 0.3) is 41.6 Å². The number of benzene rings is 5. The summed E-state index contributed by atoms with van der Waals surface area (Å²) in [6.45, 7) is 13.1. The fraction of sp³-hybridized carbons (Fsp3) is 0.238. The summed E-state index contributed by atoms with van der Waals surface area (Å²) in [6, 6.07) is 32.2. The molecule has 5 aromatic carbocycles. The lowest BCUT2D eigenvalue weighted by atomic mass is 10.1. The van der Waals surface area contributed by atoms with E-state index in [-0.39, 0.29) is 11.9 Å². The van der Waals surface area contributed by atoms with Crippen LogP contribution in [0.15, 0.2) is 97.1 Å². The van der Waals surface area contributed by atoms with Crippen molar-refractivity contribution >= 4 is 54.5 Å². The number of aromatic nitrogens is 2. The SMILES string of the molecule is CC([18F])CNc1ccc(-c2nc3ccc(O)cc3s2)cc1.Cc1cc(C)c(OC(C)CNc2ccc(-c3nc4ccc(C)cc4s3)cc2)c(C)c1. The molecular weight excluding hydrogens is 675 g/mol. The first-order valence-electron chi connectivity index (χ1n) is 17.0. The van der Waals surface area contributed by atoms with Crippen molar-refractivity contribution in [1.29, 1.82) is 0 Å². The first-order chi connectivity index (χ1) is 24.5. The molecule has 0 saturated carbocycles. The van der Waals surface area contributed by atoms with E-state index in [0.29, 0.717) is 6.54 Å². The number of aryl methyl sites for hydroxylation is 4. The Morgan fingerprint density at radius 1 is 0.647 bits per heavy atom. The first-order valence-corrected chi connectivity index (χ1v) is 18.7. The number of nitrogens with one attached hydrogen (secondary N) is 2. The second kappa shape index (κ2) is 15.9. The predicted molar refractivity (Wildman–Crippen MR) is 215 cm³/mol. The summed E-state index contributed by atoms with van der Waals surface area (Å²) in [5, 5.41) is 18.0. The van der Waals surface area contributed by atoms with Gasteiger partial charge in [-0.2, -0.15) is 0 Å². The third kappa shape index (κ3) is 9.22. The van der Waals surface area contributed by atoms with E-state index in [4.69, 9.17) is 9.72 Å². The van der Waals surface area contributed by atoms with Crippen molar-refractivity contribution in [2.75, 3.05) is 23.7 Å². The summed E-state index contributed by atoms with van der Waals surface area (Å²) in [4.78, 5) is 9.33. The van der Waals surface area contributed by atoms with E-state index < -0.39 is 6.17 Å². The second-order valence-electron chi connectivity index (χ2n) is 13.0. The minimum Gasteiger partial charge on any atom is -0.508 e. The lowest BCUT2D eigenvalue weighted by Crippen LogP contribution is -2.23. The number of nitrogens with zero attached hydrogens (tertiary/aromatic N) is 2. The Labute approximate surface area is 307 Å². The molecular formula is C42H43FN4O2S2. The highest BCUT2D eigenvalue weighted by atomic mass is 32.1. The lowest BCUT2D eigenvalue weighted by molar-refractivity contribution is 0.231. The van der Waals surface area contributed by atoms with Crippen LogP contribution in [-0.4, -0.2) is 40.4 Å². The number of fused-ring (bicyclic) bond motifs is 2. The van der Waals surface area contributed by atoms with E-state index in [9.17, 15) is 9.50 Å². The average molecular weight is 718 g/mol. The van der Waals surface area contributed by atoms with Gasteiger partial charge in [-0.25, -0.2) is 14.4 Å². The average Bonchev–Trinajstić information content (AvgIpc) is 3.73. The van der Waals surface area contributed by atoms with Crippen molar-refractivity contribution < 1.29 is 14.2 Å². The van der Waals surface area contributed by atoms with Gasteiger partial charge in [0, 0.05) is 29.0 Å². The Hall–Kier alpha value is -4.99. The number of thiazole rings is 2. The van der Waals surface area contributed by atoms with Gasteiger partial charge in [-0.3, -0.25) is 0 Å². The van der Waals surface area contributed by atoms with E-state index in [2.05, 4.69) is 105 Å². The fourth-order valence-corrected chi connectivity index (χ4v) is 7.84. The minimum atomic E-state index is -0.874. The highest BCUT2D eigenvalue weighted by Gasteiger charge is 2.11. The van der Waals surface area contributed by atoms with E-state index in [1.807, 2.05) is 30.3 Å². The normalized spacial score (nSPS) is 12.3. The molecule has 9 heteroatoms. The van der Waals surface area contributed by atoms with Gasteiger partial charge in [0.05, 0.1) is 27.0 Å². The van der Waals surface area contributed by atoms with Gasteiger partial charge in [-0.05, 0) is 137 Å². The molecule has 0 spiro atoms. The Morgan fingerprint density at radius 3 is 1.71 bits per heavy atom. The molecule has 2 unspecified atom stereocenters. The van der Waals surface area contributed by atoms with Crippen LogP contribution in [0, 0.1) is 27.7 Å². The number of aromatic hydroxyl groups is 1. The third-order valence-electron chi connectivity index (χ3n) is 8.28. The monoisotopic (exact) mass is 717 g/mol. The molecule has 7 rings (SSSR count). The van der Waals surface area contributed by atoms with E-state index in [0.717, 1.165) is 60.5 Å². The summed E-state index contributed by atoms with van der Waals surface area (Å²) < 4.78 is 21.2. The molecule has 0 aliphatic carbocycles. The maximum absolute atomic E-state index is 12.8. The van der Waals surface area contributed by atoms with Gasteiger partial charge in [-0.15, -0.1) is 22.7 Å². The van der Waals surface area contributed by atoms with Crippen molar-refractivity contribution in [3.8, 4) is 32.6 Å². The largest absolute Gasteiger partial charge is 0.508 e. The van der Waals surface area contributed by atoms with Crippen molar-refractivity contribution in [3.63, 3.8) is 0 Å². The molecule has 0 fully saturated rings. The molecule has 2 atom stereocenters. The zero-order chi connectivity index (χ0) is 36.1. The highest BCUT2D eigenvalue weighted by Crippen LogP contribution is 2.33. The van der Waals surface area contributed by atoms with Crippen molar-refractivity contribution in [3.05, 3.63) is 119 Å². The molecule has 3 N–H and O–H groups in total. The maximum atomic E-state index is 12.8. The molecule has 0 bridgehead atoms. The van der Waals surface area contributed by atoms with E-state index in [1.54, 1.807) is 23.5 Å². The molecule has 262 valence electrons. The third-order valence-corrected chi connectivity index (χ3v) is 10.4. The number of anilines is 2. The molecule has 0 saturated heterocycles. The van der Waals surface area contributed by atoms with E-state index >= 15 is 0 Å². The zero-order valence-corrected chi connectivity index (χ0v) is 31.4. The standard InChI is InChI=1S/C26H28N2OS.C16H15FN2OS/c1-16-6-11-23-24(14-16)30-26(28-23)21-7-9-22(10-8-21)27-15-20(5)29-25-18(3)12-17(2)13-19(25)4;1-10(17)9-18-12-4-2-11(3-5-12)16-19-14-7-6-13(20)8-15(14)21-16/h6-14,20,27H,15H2,1-5H3;2-8,10,18,20H,9H2,1H3/i;17-1. The van der Waals surface area contributed by atoms with Gasteiger partial charge < -0.3 is 20.5 Å². The first kappa shape index (κ1) is 35.8. The molecule has 2 aromatic heterocycles. The summed E-state index contributed by atoms with van der Waals surface area (Å²) in [5.74, 6) is 1.24. The van der Waals surface area contributed by atoms with Gasteiger partial charge in [0.15, 0.2) is 0 Å². The van der Waals surface area contributed by atoms with Crippen LogP contribution in [-0.2, 0) is 0 Å². The smallest absolute Gasteiger partial charge is 0.125 e. The Kier molecular flexibility index (Phi) is 11.2. The summed E-state index contributed by atoms with van der Waals surface area (Å²) in [7, 11) is 0. The fourth-order valence-electron chi connectivity index (χ4n) is 5.77. The van der Waals surface area contributed by atoms with Crippen LogP contribution >= 0.6 is 22.7 Å². The molecule has 0 amide bonds. The van der Waals surface area contributed by atoms with Crippen LogP contribution in [0.4, 0.5) is 15.8 Å². The molecule has 0 radical (unpaired) electrons. The van der Waals surface area contributed by atoms with Gasteiger partial charge >= 0.3 is 0 Å². The summed E-state index contributed by atoms with van der Waals surface area (Å²) >= 11 is 3.28. The number of hydrogen-bond acceptors (Lipinski definition) is 8. The van der Waals surface area contributed by atoms with Crippen LogP contribution in [0.2, 0.25) is 0 Å². The number of halogens is 1. The highest BCUT2D eigenvalue weighted by molar-refractivity contribution is 7.22. The molecule has 2 heterocycles. The van der Waals surface area contributed by atoms with Crippen molar-refractivity contribution in [2.45, 2.75) is 53.8 Å². The number of ether oxygens (including phenoxy) is 1. The van der Waals surface area contributed by atoms with Gasteiger partial charge in [0.2, 0.25) is 0 Å². The maximum Gasteiger partial charge on any atom is 0.125 e. The number of phenols is 1. The predicted octanol–water partition coefficient (Wildman–Crippen LogP) is 11.5. The molecule has 51 heavy (non-hydrogen) atoms. The van der Waals surface area contributed by atoms with Crippen LogP contribution in [0.5, 0.6) is 11.5 Å². The zero-order valence-electron chi connectivity index (χ0n) is 29.8. The number of rotatable bonds is 10. The minimum absolute atomic E-state index is 0.0669. The molecule has 0 aliphatic heterocycles. The molecule has 7 aromatic rings. The van der Waals surface area contributed by atoms with Gasteiger partial charge in [0.25, 0.3) is 0 Å². The molecule has 0 aliphatic rings. The number of hydrogen-bond donors (Lipinski definition) is 3. The number of alkyl halides is 1. The lowest BCUT2D eigenvalue weighted by Gasteiger charge is -2.20.